The summed E-state index contributed by atoms with van der Waals surface area (Å²) in [4.78, 5) is 23.4. The SMILES string of the molecule is CCCC(C)(NC(=O)Nc1ccccc1CNC)C(=O)O. The van der Waals surface area contributed by atoms with Gasteiger partial charge in [0.2, 0.25) is 0 Å². The highest BCUT2D eigenvalue weighted by molar-refractivity contribution is 5.94. The van der Waals surface area contributed by atoms with E-state index in [2.05, 4.69) is 16.0 Å². The summed E-state index contributed by atoms with van der Waals surface area (Å²) in [5, 5.41) is 17.5. The van der Waals surface area contributed by atoms with Crippen molar-refractivity contribution in [2.24, 2.45) is 0 Å². The van der Waals surface area contributed by atoms with Gasteiger partial charge in [-0.3, -0.25) is 0 Å². The molecule has 1 unspecified atom stereocenters. The van der Waals surface area contributed by atoms with Crippen LogP contribution in [-0.2, 0) is 11.3 Å². The topological polar surface area (TPSA) is 90.5 Å². The monoisotopic (exact) mass is 293 g/mol. The molecule has 6 heteroatoms. The average Bonchev–Trinajstić information content (AvgIpc) is 2.41. The Kier molecular flexibility index (Phi) is 6.17. The molecule has 0 bridgehead atoms. The van der Waals surface area contributed by atoms with Crippen LogP contribution in [-0.4, -0.2) is 29.7 Å². The summed E-state index contributed by atoms with van der Waals surface area (Å²) in [5.74, 6) is -1.04. The molecule has 0 fully saturated rings. The average molecular weight is 293 g/mol. The predicted octanol–water partition coefficient (Wildman–Crippen LogP) is 2.17. The Labute approximate surface area is 124 Å². The standard InChI is InChI=1S/C15H23N3O3/c1-4-9-15(2,13(19)20)18-14(21)17-12-8-6-5-7-11(12)10-16-3/h5-8,16H,4,9-10H2,1-3H3,(H,19,20)(H2,17,18,21). The molecule has 1 atom stereocenters. The van der Waals surface area contributed by atoms with E-state index < -0.39 is 17.5 Å². The predicted molar refractivity (Wildman–Crippen MR) is 82.3 cm³/mol. The highest BCUT2D eigenvalue weighted by Crippen LogP contribution is 2.16. The molecule has 4 N–H and O–H groups in total. The largest absolute Gasteiger partial charge is 0.480 e. The number of carbonyl (C=O) groups excluding carboxylic acids is 1. The van der Waals surface area contributed by atoms with E-state index in [1.165, 1.54) is 6.92 Å². The fourth-order valence-corrected chi connectivity index (χ4v) is 2.11. The molecule has 0 aliphatic carbocycles. The minimum atomic E-state index is -1.27. The number of rotatable bonds is 7. The first-order valence-electron chi connectivity index (χ1n) is 6.98. The molecule has 1 rings (SSSR count). The highest BCUT2D eigenvalue weighted by Gasteiger charge is 2.33. The normalized spacial score (nSPS) is 13.3. The fraction of sp³-hybridized carbons (Fsp3) is 0.467. The molecule has 0 heterocycles. The first-order chi connectivity index (χ1) is 9.92. The number of anilines is 1. The molecular weight excluding hydrogens is 270 g/mol. The van der Waals surface area contributed by atoms with Gasteiger partial charge in [-0.15, -0.1) is 0 Å². The Morgan fingerprint density at radius 1 is 1.29 bits per heavy atom. The highest BCUT2D eigenvalue weighted by atomic mass is 16.4. The molecule has 1 aromatic rings. The summed E-state index contributed by atoms with van der Waals surface area (Å²) in [5.41, 5.74) is 0.327. The van der Waals surface area contributed by atoms with E-state index >= 15 is 0 Å². The summed E-state index contributed by atoms with van der Waals surface area (Å²) in [7, 11) is 1.82. The Morgan fingerprint density at radius 3 is 2.52 bits per heavy atom. The third-order valence-electron chi connectivity index (χ3n) is 3.24. The molecule has 1 aromatic carbocycles. The molecule has 2 amide bonds. The summed E-state index contributed by atoms with van der Waals surface area (Å²) in [6, 6.07) is 6.86. The van der Waals surface area contributed by atoms with E-state index in [1.54, 1.807) is 6.07 Å². The smallest absolute Gasteiger partial charge is 0.329 e. The van der Waals surface area contributed by atoms with Crippen molar-refractivity contribution in [3.63, 3.8) is 0 Å². The van der Waals surface area contributed by atoms with Crippen LogP contribution < -0.4 is 16.0 Å². The van der Waals surface area contributed by atoms with Crippen molar-refractivity contribution in [1.82, 2.24) is 10.6 Å². The number of nitrogens with one attached hydrogen (secondary N) is 3. The second-order valence-electron chi connectivity index (χ2n) is 5.15. The number of benzene rings is 1. The zero-order valence-electron chi connectivity index (χ0n) is 12.7. The van der Waals surface area contributed by atoms with Gasteiger partial charge in [-0.25, -0.2) is 9.59 Å². The summed E-state index contributed by atoms with van der Waals surface area (Å²) in [6.07, 6.45) is 1.04. The third kappa shape index (κ3) is 4.75. The van der Waals surface area contributed by atoms with E-state index in [9.17, 15) is 14.7 Å². The lowest BCUT2D eigenvalue weighted by Crippen LogP contribution is -2.53. The van der Waals surface area contributed by atoms with Crippen molar-refractivity contribution in [1.29, 1.82) is 0 Å². The molecule has 0 spiro atoms. The Hall–Kier alpha value is -2.08. The van der Waals surface area contributed by atoms with Crippen molar-refractivity contribution in [3.8, 4) is 0 Å². The first kappa shape index (κ1) is 17.0. The summed E-state index contributed by atoms with van der Waals surface area (Å²) >= 11 is 0. The van der Waals surface area contributed by atoms with Gasteiger partial charge in [0.15, 0.2) is 0 Å². The maximum absolute atomic E-state index is 12.1. The molecule has 116 valence electrons. The minimum absolute atomic E-state index is 0.369. The maximum atomic E-state index is 12.1. The number of carboxylic acids is 1. The van der Waals surface area contributed by atoms with Crippen LogP contribution in [0.2, 0.25) is 0 Å². The van der Waals surface area contributed by atoms with Crippen LogP contribution >= 0.6 is 0 Å². The second-order valence-corrected chi connectivity index (χ2v) is 5.15. The van der Waals surface area contributed by atoms with E-state index in [0.717, 1.165) is 5.56 Å². The van der Waals surface area contributed by atoms with Gasteiger partial charge in [-0.1, -0.05) is 31.5 Å². The van der Waals surface area contributed by atoms with E-state index in [-0.39, 0.29) is 0 Å². The van der Waals surface area contributed by atoms with Crippen molar-refractivity contribution >= 4 is 17.7 Å². The van der Waals surface area contributed by atoms with Crippen LogP contribution in [0.15, 0.2) is 24.3 Å². The molecule has 0 radical (unpaired) electrons. The van der Waals surface area contributed by atoms with Crippen LogP contribution in [0.3, 0.4) is 0 Å². The van der Waals surface area contributed by atoms with Gasteiger partial charge in [-0.2, -0.15) is 0 Å². The lowest BCUT2D eigenvalue weighted by molar-refractivity contribution is -0.143. The lowest BCUT2D eigenvalue weighted by atomic mass is 9.96. The molecule has 6 nitrogen and oxygen atoms in total. The third-order valence-corrected chi connectivity index (χ3v) is 3.24. The van der Waals surface area contributed by atoms with Gasteiger partial charge in [0.05, 0.1) is 0 Å². The number of urea groups is 1. The van der Waals surface area contributed by atoms with Crippen LogP contribution in [0.4, 0.5) is 10.5 Å². The van der Waals surface area contributed by atoms with E-state index in [0.29, 0.717) is 25.1 Å². The number of amides is 2. The molecule has 0 saturated heterocycles. The van der Waals surface area contributed by atoms with Crippen LogP contribution in [0, 0.1) is 0 Å². The Balaban J connectivity index is 2.79. The van der Waals surface area contributed by atoms with Crippen molar-refractivity contribution in [2.75, 3.05) is 12.4 Å². The van der Waals surface area contributed by atoms with Crippen LogP contribution in [0.25, 0.3) is 0 Å². The zero-order valence-corrected chi connectivity index (χ0v) is 12.7. The number of aliphatic carboxylic acids is 1. The molecule has 21 heavy (non-hydrogen) atoms. The molecule has 0 aromatic heterocycles. The molecule has 0 aliphatic rings. The minimum Gasteiger partial charge on any atom is -0.480 e. The first-order valence-corrected chi connectivity index (χ1v) is 6.98. The van der Waals surface area contributed by atoms with Crippen molar-refractivity contribution < 1.29 is 14.7 Å². The van der Waals surface area contributed by atoms with Gasteiger partial charge >= 0.3 is 12.0 Å². The zero-order chi connectivity index (χ0) is 15.9. The van der Waals surface area contributed by atoms with Crippen LogP contribution in [0.1, 0.15) is 32.3 Å². The number of carboxylic acid groups (broad SMARTS) is 1. The number of para-hydroxylation sites is 1. The van der Waals surface area contributed by atoms with Gasteiger partial charge in [-0.05, 0) is 32.0 Å². The number of hydrogen-bond donors (Lipinski definition) is 4. The molecule has 0 aliphatic heterocycles. The van der Waals surface area contributed by atoms with Crippen molar-refractivity contribution in [2.45, 2.75) is 38.8 Å². The molecular formula is C15H23N3O3. The number of carbonyl (C=O) groups is 2. The summed E-state index contributed by atoms with van der Waals surface area (Å²) < 4.78 is 0. The maximum Gasteiger partial charge on any atom is 0.329 e. The second kappa shape index (κ2) is 7.64. The number of hydrogen-bond acceptors (Lipinski definition) is 3. The van der Waals surface area contributed by atoms with Crippen LogP contribution in [0.5, 0.6) is 0 Å². The van der Waals surface area contributed by atoms with E-state index in [4.69, 9.17) is 0 Å². The lowest BCUT2D eigenvalue weighted by Gasteiger charge is -2.26. The van der Waals surface area contributed by atoms with Gasteiger partial charge < -0.3 is 21.1 Å². The summed E-state index contributed by atoms with van der Waals surface area (Å²) in [6.45, 7) is 4.00. The molecule has 0 saturated carbocycles. The van der Waals surface area contributed by atoms with Crippen molar-refractivity contribution in [3.05, 3.63) is 29.8 Å². The Morgan fingerprint density at radius 2 is 1.95 bits per heavy atom. The van der Waals surface area contributed by atoms with Gasteiger partial charge in [0.25, 0.3) is 0 Å². The quantitative estimate of drug-likeness (QED) is 0.620. The Bertz CT molecular complexity index is 505. The van der Waals surface area contributed by atoms with E-state index in [1.807, 2.05) is 32.2 Å². The van der Waals surface area contributed by atoms with Gasteiger partial charge in [0, 0.05) is 12.2 Å². The fourth-order valence-electron chi connectivity index (χ4n) is 2.11. The van der Waals surface area contributed by atoms with Gasteiger partial charge in [0.1, 0.15) is 5.54 Å².